The van der Waals surface area contributed by atoms with E-state index in [0.717, 1.165) is 5.56 Å². The zero-order valence-electron chi connectivity index (χ0n) is 10.5. The molecule has 2 aromatic carbocycles. The molecule has 0 aliphatic carbocycles. The van der Waals surface area contributed by atoms with Crippen molar-refractivity contribution in [2.45, 2.75) is 6.61 Å². The first-order chi connectivity index (χ1) is 9.19. The molecule has 0 saturated heterocycles. The molecule has 0 aliphatic heterocycles. The Hall–Kier alpha value is -2.33. The Morgan fingerprint density at radius 1 is 1.11 bits per heavy atom. The fraction of sp³-hybridized carbons (Fsp3) is 0.133. The molecule has 0 spiro atoms. The second kappa shape index (κ2) is 6.02. The van der Waals surface area contributed by atoms with E-state index in [1.807, 2.05) is 24.3 Å². The second-order valence-electron chi connectivity index (χ2n) is 4.01. The van der Waals surface area contributed by atoms with Gasteiger partial charge in [0.2, 0.25) is 0 Å². The van der Waals surface area contributed by atoms with Gasteiger partial charge in [-0.3, -0.25) is 0 Å². The lowest BCUT2D eigenvalue weighted by atomic mass is 10.2. The number of carboxylic acid groups (broad SMARTS) is 1. The van der Waals surface area contributed by atoms with E-state index in [4.69, 9.17) is 14.6 Å². The van der Waals surface area contributed by atoms with Crippen LogP contribution in [0.15, 0.2) is 48.5 Å². The first kappa shape index (κ1) is 13.1. The molecule has 0 radical (unpaired) electrons. The van der Waals surface area contributed by atoms with Crippen molar-refractivity contribution in [3.05, 3.63) is 59.7 Å². The van der Waals surface area contributed by atoms with Crippen molar-refractivity contribution in [3.63, 3.8) is 0 Å². The molecule has 0 saturated carbocycles. The molecular weight excluding hydrogens is 244 g/mol. The molecular formula is C15H14O4. The van der Waals surface area contributed by atoms with Gasteiger partial charge >= 0.3 is 5.97 Å². The summed E-state index contributed by atoms with van der Waals surface area (Å²) in [5.41, 5.74) is 1.25. The van der Waals surface area contributed by atoms with Crippen LogP contribution in [0.25, 0.3) is 0 Å². The Kier molecular flexibility index (Phi) is 4.15. The summed E-state index contributed by atoms with van der Waals surface area (Å²) >= 11 is 0. The van der Waals surface area contributed by atoms with Crippen molar-refractivity contribution in [3.8, 4) is 11.5 Å². The lowest BCUT2D eigenvalue weighted by Gasteiger charge is -2.07. The SMILES string of the molecule is COCc1cccc(Oc2ccc(C(=O)O)cc2)c1. The van der Waals surface area contributed by atoms with Crippen molar-refractivity contribution in [2.24, 2.45) is 0 Å². The molecule has 98 valence electrons. The number of carboxylic acids is 1. The number of aromatic carboxylic acids is 1. The van der Waals surface area contributed by atoms with Gasteiger partial charge in [0.15, 0.2) is 0 Å². The van der Waals surface area contributed by atoms with E-state index in [0.29, 0.717) is 18.1 Å². The predicted octanol–water partition coefficient (Wildman–Crippen LogP) is 3.32. The molecule has 4 nitrogen and oxygen atoms in total. The van der Waals surface area contributed by atoms with Gasteiger partial charge in [-0.15, -0.1) is 0 Å². The fourth-order valence-corrected chi connectivity index (χ4v) is 1.67. The summed E-state index contributed by atoms with van der Waals surface area (Å²) in [6.45, 7) is 0.523. The molecule has 0 aliphatic rings. The highest BCUT2D eigenvalue weighted by atomic mass is 16.5. The average Bonchev–Trinajstić information content (AvgIpc) is 2.40. The third kappa shape index (κ3) is 3.56. The summed E-state index contributed by atoms with van der Waals surface area (Å²) in [6, 6.07) is 13.8. The minimum atomic E-state index is -0.950. The smallest absolute Gasteiger partial charge is 0.335 e. The van der Waals surface area contributed by atoms with Crippen LogP contribution in [0.5, 0.6) is 11.5 Å². The van der Waals surface area contributed by atoms with Gasteiger partial charge in [-0.2, -0.15) is 0 Å². The van der Waals surface area contributed by atoms with Crippen LogP contribution >= 0.6 is 0 Å². The molecule has 0 atom stereocenters. The molecule has 0 unspecified atom stereocenters. The van der Waals surface area contributed by atoms with Crippen molar-refractivity contribution >= 4 is 5.97 Å². The van der Waals surface area contributed by atoms with Crippen molar-refractivity contribution in [2.75, 3.05) is 7.11 Å². The monoisotopic (exact) mass is 258 g/mol. The predicted molar refractivity (Wildman–Crippen MR) is 70.6 cm³/mol. The van der Waals surface area contributed by atoms with Gasteiger partial charge in [-0.25, -0.2) is 4.79 Å². The number of ether oxygens (including phenoxy) is 2. The number of rotatable bonds is 5. The van der Waals surface area contributed by atoms with E-state index in [-0.39, 0.29) is 5.56 Å². The summed E-state index contributed by atoms with van der Waals surface area (Å²) in [6.07, 6.45) is 0. The van der Waals surface area contributed by atoms with Gasteiger partial charge in [0.1, 0.15) is 11.5 Å². The standard InChI is InChI=1S/C15H14O4/c1-18-10-11-3-2-4-14(9-11)19-13-7-5-12(6-8-13)15(16)17/h2-9H,10H2,1H3,(H,16,17). The maximum Gasteiger partial charge on any atom is 0.335 e. The van der Waals surface area contributed by atoms with Crippen LogP contribution in [0.3, 0.4) is 0 Å². The minimum absolute atomic E-state index is 0.237. The third-order valence-electron chi connectivity index (χ3n) is 2.55. The summed E-state index contributed by atoms with van der Waals surface area (Å²) in [5.74, 6) is 0.339. The van der Waals surface area contributed by atoms with Crippen LogP contribution < -0.4 is 4.74 Å². The van der Waals surface area contributed by atoms with Gasteiger partial charge in [-0.1, -0.05) is 12.1 Å². The van der Waals surface area contributed by atoms with E-state index in [1.54, 1.807) is 19.2 Å². The Balaban J connectivity index is 2.12. The zero-order chi connectivity index (χ0) is 13.7. The Morgan fingerprint density at radius 2 is 1.84 bits per heavy atom. The lowest BCUT2D eigenvalue weighted by molar-refractivity contribution is 0.0697. The van der Waals surface area contributed by atoms with Crippen LogP contribution in [0, 0.1) is 0 Å². The molecule has 1 N–H and O–H groups in total. The Morgan fingerprint density at radius 3 is 2.47 bits per heavy atom. The van der Waals surface area contributed by atoms with E-state index in [2.05, 4.69) is 0 Å². The fourth-order valence-electron chi connectivity index (χ4n) is 1.67. The van der Waals surface area contributed by atoms with E-state index in [9.17, 15) is 4.79 Å². The number of methoxy groups -OCH3 is 1. The van der Waals surface area contributed by atoms with Crippen molar-refractivity contribution in [1.29, 1.82) is 0 Å². The van der Waals surface area contributed by atoms with Crippen molar-refractivity contribution < 1.29 is 19.4 Å². The molecule has 0 aromatic heterocycles. The van der Waals surface area contributed by atoms with Gasteiger partial charge < -0.3 is 14.6 Å². The largest absolute Gasteiger partial charge is 0.478 e. The molecule has 0 fully saturated rings. The molecule has 0 amide bonds. The Labute approximate surface area is 111 Å². The number of hydrogen-bond acceptors (Lipinski definition) is 3. The zero-order valence-corrected chi connectivity index (χ0v) is 10.5. The van der Waals surface area contributed by atoms with E-state index < -0.39 is 5.97 Å². The number of hydrogen-bond donors (Lipinski definition) is 1. The highest BCUT2D eigenvalue weighted by molar-refractivity contribution is 5.87. The quantitative estimate of drug-likeness (QED) is 0.893. The van der Waals surface area contributed by atoms with Crippen LogP contribution in [-0.2, 0) is 11.3 Å². The highest BCUT2D eigenvalue weighted by Gasteiger charge is 2.03. The van der Waals surface area contributed by atoms with Gasteiger partial charge in [-0.05, 0) is 42.0 Å². The number of benzene rings is 2. The molecule has 0 bridgehead atoms. The molecule has 2 rings (SSSR count). The molecule has 4 heteroatoms. The average molecular weight is 258 g/mol. The normalized spacial score (nSPS) is 10.2. The maximum absolute atomic E-state index is 10.7. The highest BCUT2D eigenvalue weighted by Crippen LogP contribution is 2.22. The summed E-state index contributed by atoms with van der Waals surface area (Å²) < 4.78 is 10.7. The first-order valence-corrected chi connectivity index (χ1v) is 5.78. The van der Waals surface area contributed by atoms with Crippen LogP contribution in [0.2, 0.25) is 0 Å². The van der Waals surface area contributed by atoms with Gasteiger partial charge in [0.25, 0.3) is 0 Å². The molecule has 0 heterocycles. The summed E-state index contributed by atoms with van der Waals surface area (Å²) in [4.78, 5) is 10.7. The van der Waals surface area contributed by atoms with Gasteiger partial charge in [0.05, 0.1) is 12.2 Å². The van der Waals surface area contributed by atoms with Crippen LogP contribution in [-0.4, -0.2) is 18.2 Å². The minimum Gasteiger partial charge on any atom is -0.478 e. The van der Waals surface area contributed by atoms with E-state index in [1.165, 1.54) is 12.1 Å². The lowest BCUT2D eigenvalue weighted by Crippen LogP contribution is -1.95. The van der Waals surface area contributed by atoms with E-state index >= 15 is 0 Å². The number of carbonyl (C=O) groups is 1. The summed E-state index contributed by atoms with van der Waals surface area (Å²) in [7, 11) is 1.64. The topological polar surface area (TPSA) is 55.8 Å². The Bertz CT molecular complexity index is 561. The first-order valence-electron chi connectivity index (χ1n) is 5.78. The maximum atomic E-state index is 10.7. The van der Waals surface area contributed by atoms with Crippen LogP contribution in [0.1, 0.15) is 15.9 Å². The van der Waals surface area contributed by atoms with Crippen molar-refractivity contribution in [1.82, 2.24) is 0 Å². The molecule has 19 heavy (non-hydrogen) atoms. The summed E-state index contributed by atoms with van der Waals surface area (Å²) in [5, 5.41) is 8.81. The van der Waals surface area contributed by atoms with Gasteiger partial charge in [0, 0.05) is 7.11 Å². The molecule has 2 aromatic rings. The second-order valence-corrected chi connectivity index (χ2v) is 4.01. The van der Waals surface area contributed by atoms with Crippen LogP contribution in [0.4, 0.5) is 0 Å². The third-order valence-corrected chi connectivity index (χ3v) is 2.55.